The van der Waals surface area contributed by atoms with Gasteiger partial charge in [0.05, 0.1) is 25.2 Å². The van der Waals surface area contributed by atoms with Crippen molar-refractivity contribution in [2.75, 3.05) is 6.61 Å². The Balaban J connectivity index is 4.60. The van der Waals surface area contributed by atoms with Gasteiger partial charge in [-0.15, -0.1) is 0 Å². The van der Waals surface area contributed by atoms with Gasteiger partial charge in [0.25, 0.3) is 0 Å². The fourth-order valence-electron chi connectivity index (χ4n) is 8.77. The number of ether oxygens (including phenoxy) is 1. The van der Waals surface area contributed by atoms with Gasteiger partial charge in [-0.3, -0.25) is 9.59 Å². The van der Waals surface area contributed by atoms with Gasteiger partial charge in [-0.25, -0.2) is 0 Å². The minimum Gasteiger partial charge on any atom is -0.462 e. The summed E-state index contributed by atoms with van der Waals surface area (Å²) in [4.78, 5) is 26.3. The summed E-state index contributed by atoms with van der Waals surface area (Å²) in [6.07, 6.45) is 66.0. The molecule has 0 aliphatic carbocycles. The van der Waals surface area contributed by atoms with Gasteiger partial charge in [-0.1, -0.05) is 256 Å². The largest absolute Gasteiger partial charge is 0.462 e. The Kier molecular flexibility index (Phi) is 52.0. The predicted octanol–water partition coefficient (Wildman–Crippen LogP) is 17.8. The molecule has 0 heterocycles. The second-order valence-electron chi connectivity index (χ2n) is 19.7. The van der Waals surface area contributed by atoms with Gasteiger partial charge in [0.2, 0.25) is 5.91 Å². The maximum absolute atomic E-state index is 13.3. The van der Waals surface area contributed by atoms with Crippen molar-refractivity contribution in [3.63, 3.8) is 0 Å². The van der Waals surface area contributed by atoms with E-state index in [1.54, 1.807) is 0 Å². The van der Waals surface area contributed by atoms with Gasteiger partial charge in [0.1, 0.15) is 6.10 Å². The first kappa shape index (κ1) is 63.8. The van der Waals surface area contributed by atoms with Crippen LogP contribution in [-0.4, -0.2) is 46.9 Å². The molecule has 0 aliphatic heterocycles. The number of allylic oxidation sites excluding steroid dienone is 8. The molecule has 0 bridgehead atoms. The van der Waals surface area contributed by atoms with Crippen LogP contribution in [0.25, 0.3) is 0 Å². The van der Waals surface area contributed by atoms with Crippen LogP contribution in [-0.2, 0) is 14.3 Å². The summed E-state index contributed by atoms with van der Waals surface area (Å²) >= 11 is 0. The van der Waals surface area contributed by atoms with E-state index in [9.17, 15) is 19.8 Å². The molecule has 0 saturated carbocycles. The van der Waals surface area contributed by atoms with E-state index in [4.69, 9.17) is 4.74 Å². The van der Waals surface area contributed by atoms with Crippen LogP contribution < -0.4 is 5.32 Å². The first-order valence-corrected chi connectivity index (χ1v) is 28.9. The first-order valence-electron chi connectivity index (χ1n) is 28.9. The molecular formula is C60H111NO5. The van der Waals surface area contributed by atoms with Crippen molar-refractivity contribution in [2.45, 2.75) is 315 Å². The molecule has 0 aliphatic rings. The quantitative estimate of drug-likeness (QED) is 0.0321. The van der Waals surface area contributed by atoms with Crippen LogP contribution in [0.5, 0.6) is 0 Å². The monoisotopic (exact) mass is 926 g/mol. The van der Waals surface area contributed by atoms with Gasteiger partial charge >= 0.3 is 5.97 Å². The molecule has 1 amide bonds. The van der Waals surface area contributed by atoms with E-state index in [2.05, 4.69) is 74.7 Å². The molecule has 3 unspecified atom stereocenters. The molecule has 0 radical (unpaired) electrons. The average Bonchev–Trinajstić information content (AvgIpc) is 3.31. The molecule has 0 fully saturated rings. The normalized spacial score (nSPS) is 13.5. The van der Waals surface area contributed by atoms with Crippen LogP contribution in [0.2, 0.25) is 0 Å². The molecule has 66 heavy (non-hydrogen) atoms. The number of aliphatic hydroxyl groups excluding tert-OH is 2. The van der Waals surface area contributed by atoms with E-state index < -0.39 is 18.2 Å². The van der Waals surface area contributed by atoms with Gasteiger partial charge in [0, 0.05) is 6.42 Å². The zero-order chi connectivity index (χ0) is 48.1. The number of amides is 1. The number of aliphatic hydroxyl groups is 2. The maximum Gasteiger partial charge on any atom is 0.306 e. The number of unbranched alkanes of at least 4 members (excludes halogenated alkanes) is 34. The molecule has 386 valence electrons. The Hall–Kier alpha value is -2.18. The van der Waals surface area contributed by atoms with Crippen molar-refractivity contribution in [3.8, 4) is 0 Å². The fourth-order valence-corrected chi connectivity index (χ4v) is 8.77. The Morgan fingerprint density at radius 1 is 0.439 bits per heavy atom. The lowest BCUT2D eigenvalue weighted by Gasteiger charge is -2.24. The Labute approximate surface area is 410 Å². The van der Waals surface area contributed by atoms with Crippen molar-refractivity contribution in [1.29, 1.82) is 0 Å². The predicted molar refractivity (Wildman–Crippen MR) is 287 cm³/mol. The highest BCUT2D eigenvalue weighted by Gasteiger charge is 2.24. The molecule has 6 heteroatoms. The van der Waals surface area contributed by atoms with E-state index in [0.717, 1.165) is 77.0 Å². The summed E-state index contributed by atoms with van der Waals surface area (Å²) < 4.78 is 5.94. The standard InChI is InChI=1S/C60H111NO5/c1-4-7-10-13-16-19-22-25-28-31-33-36-39-42-45-48-51-56(66-60(65)53-50-47-44-41-38-35-30-27-24-21-18-15-12-9-6-3)54-59(64)61-57(55-62)58(63)52-49-46-43-40-37-34-32-29-26-23-20-17-14-11-8-5-2/h18,21,24,27-28,31,33,36,56-58,62-63H,4-17,19-20,22-23,25-26,29-30,32,34-35,37-55H2,1-3H3,(H,61,64)/b21-18+,27-24+,31-28+,36-33+. The number of hydrogen-bond acceptors (Lipinski definition) is 5. The van der Waals surface area contributed by atoms with E-state index in [1.807, 2.05) is 0 Å². The van der Waals surface area contributed by atoms with Crippen molar-refractivity contribution in [1.82, 2.24) is 5.32 Å². The van der Waals surface area contributed by atoms with Crippen LogP contribution in [0.1, 0.15) is 297 Å². The van der Waals surface area contributed by atoms with Gasteiger partial charge in [-0.2, -0.15) is 0 Å². The number of rotatable bonds is 52. The highest BCUT2D eigenvalue weighted by Crippen LogP contribution is 2.18. The van der Waals surface area contributed by atoms with E-state index in [-0.39, 0.29) is 24.9 Å². The molecule has 0 aromatic carbocycles. The molecule has 0 saturated heterocycles. The number of carbonyl (C=O) groups excluding carboxylic acids is 2. The zero-order valence-electron chi connectivity index (χ0n) is 44.1. The van der Waals surface area contributed by atoms with Crippen LogP contribution >= 0.6 is 0 Å². The van der Waals surface area contributed by atoms with E-state index in [0.29, 0.717) is 19.3 Å². The van der Waals surface area contributed by atoms with Gasteiger partial charge in [-0.05, 0) is 77.0 Å². The summed E-state index contributed by atoms with van der Waals surface area (Å²) in [5, 5.41) is 23.9. The lowest BCUT2D eigenvalue weighted by Crippen LogP contribution is -2.46. The molecule has 3 N–H and O–H groups in total. The number of carbonyl (C=O) groups is 2. The Morgan fingerprint density at radius 2 is 0.758 bits per heavy atom. The highest BCUT2D eigenvalue weighted by molar-refractivity contribution is 5.77. The van der Waals surface area contributed by atoms with Crippen molar-refractivity contribution in [3.05, 3.63) is 48.6 Å². The molecule has 0 spiro atoms. The summed E-state index contributed by atoms with van der Waals surface area (Å²) in [5.74, 6) is -0.504. The van der Waals surface area contributed by atoms with E-state index >= 15 is 0 Å². The van der Waals surface area contributed by atoms with Crippen LogP contribution in [0, 0.1) is 0 Å². The number of esters is 1. The lowest BCUT2D eigenvalue weighted by atomic mass is 10.0. The van der Waals surface area contributed by atoms with E-state index in [1.165, 1.54) is 173 Å². The zero-order valence-corrected chi connectivity index (χ0v) is 44.1. The Morgan fingerprint density at radius 3 is 1.17 bits per heavy atom. The third-order valence-corrected chi connectivity index (χ3v) is 13.2. The third-order valence-electron chi connectivity index (χ3n) is 13.2. The third kappa shape index (κ3) is 48.3. The summed E-state index contributed by atoms with van der Waals surface area (Å²) in [6.45, 7) is 6.47. The number of hydrogen-bond donors (Lipinski definition) is 3. The van der Waals surface area contributed by atoms with Crippen molar-refractivity contribution < 1.29 is 24.5 Å². The lowest BCUT2D eigenvalue weighted by molar-refractivity contribution is -0.151. The SMILES string of the molecule is CCCCC/C=C/C=C/CCCCCCCCC(=O)OC(CCCCC/C=C/C=C/CCCCCCCCC)CC(=O)NC(CO)C(O)CCCCCCCCCCCCCCCCCC. The fraction of sp³-hybridized carbons (Fsp3) is 0.833. The summed E-state index contributed by atoms with van der Waals surface area (Å²) in [5.41, 5.74) is 0. The smallest absolute Gasteiger partial charge is 0.306 e. The summed E-state index contributed by atoms with van der Waals surface area (Å²) in [6, 6.07) is -0.713. The molecule has 0 rings (SSSR count). The van der Waals surface area contributed by atoms with Crippen molar-refractivity contribution >= 4 is 11.9 Å². The molecule has 6 nitrogen and oxygen atoms in total. The molecule has 0 aromatic rings. The van der Waals surface area contributed by atoms with Crippen molar-refractivity contribution in [2.24, 2.45) is 0 Å². The first-order chi connectivity index (χ1) is 32.5. The maximum atomic E-state index is 13.3. The van der Waals surface area contributed by atoms with Gasteiger partial charge in [0.15, 0.2) is 0 Å². The topological polar surface area (TPSA) is 95.9 Å². The Bertz CT molecular complexity index is 1130. The molecule has 3 atom stereocenters. The second-order valence-corrected chi connectivity index (χ2v) is 19.7. The second kappa shape index (κ2) is 53.8. The summed E-state index contributed by atoms with van der Waals surface area (Å²) in [7, 11) is 0. The van der Waals surface area contributed by atoms with Crippen LogP contribution in [0.4, 0.5) is 0 Å². The minimum atomic E-state index is -0.798. The van der Waals surface area contributed by atoms with Gasteiger partial charge < -0.3 is 20.3 Å². The molecular weight excluding hydrogens is 815 g/mol. The van der Waals surface area contributed by atoms with Crippen LogP contribution in [0.15, 0.2) is 48.6 Å². The van der Waals surface area contributed by atoms with Crippen LogP contribution in [0.3, 0.4) is 0 Å². The number of nitrogens with one attached hydrogen (secondary N) is 1. The highest BCUT2D eigenvalue weighted by atomic mass is 16.5. The minimum absolute atomic E-state index is 0.0561. The average molecular weight is 927 g/mol. The molecule has 0 aromatic heterocycles.